The summed E-state index contributed by atoms with van der Waals surface area (Å²) in [7, 11) is 1.61. The number of aryl methyl sites for hydroxylation is 2. The molecule has 1 heterocycles. The molecule has 0 saturated carbocycles. The maximum absolute atomic E-state index is 12.5. The smallest absolute Gasteiger partial charge is 0.338 e. The van der Waals surface area contributed by atoms with Gasteiger partial charge in [0.2, 0.25) is 0 Å². The molecule has 0 spiro atoms. The number of aromatic carboxylic acids is 1. The molecule has 108 valence electrons. The summed E-state index contributed by atoms with van der Waals surface area (Å²) in [6.45, 7) is 3.88. The number of hydrogen-bond donors (Lipinski definition) is 1. The van der Waals surface area contributed by atoms with Crippen LogP contribution in [0.25, 0.3) is 0 Å². The summed E-state index contributed by atoms with van der Waals surface area (Å²) in [5.74, 6) is -1.61. The zero-order chi connectivity index (χ0) is 15.6. The quantitative estimate of drug-likeness (QED) is 0.940. The lowest BCUT2D eigenvalue weighted by Gasteiger charge is -2.20. The Kier molecular flexibility index (Phi) is 4.03. The molecule has 2 aromatic rings. The van der Waals surface area contributed by atoms with Gasteiger partial charge in [0, 0.05) is 18.9 Å². The topological polar surface area (TPSA) is 70.5 Å². The van der Waals surface area contributed by atoms with Crippen molar-refractivity contribution in [2.24, 2.45) is 0 Å². The number of anilines is 1. The summed E-state index contributed by atoms with van der Waals surface area (Å²) in [6, 6.07) is 8.58. The third-order valence-corrected chi connectivity index (χ3v) is 3.26. The number of pyridine rings is 1. The lowest BCUT2D eigenvalue weighted by Crippen LogP contribution is -2.29. The van der Waals surface area contributed by atoms with Gasteiger partial charge in [-0.2, -0.15) is 0 Å². The van der Waals surface area contributed by atoms with Gasteiger partial charge >= 0.3 is 5.97 Å². The van der Waals surface area contributed by atoms with Crippen LogP contribution in [0.1, 0.15) is 32.0 Å². The van der Waals surface area contributed by atoms with Gasteiger partial charge in [-0.15, -0.1) is 0 Å². The van der Waals surface area contributed by atoms with Crippen LogP contribution in [0.15, 0.2) is 36.5 Å². The molecule has 1 N–H and O–H groups in total. The van der Waals surface area contributed by atoms with Crippen LogP contribution in [0.5, 0.6) is 0 Å². The number of carboxylic acids is 1. The van der Waals surface area contributed by atoms with Gasteiger partial charge in [-0.3, -0.25) is 9.78 Å². The van der Waals surface area contributed by atoms with Gasteiger partial charge in [0.25, 0.3) is 5.91 Å². The van der Waals surface area contributed by atoms with Crippen molar-refractivity contribution in [3.8, 4) is 0 Å². The second-order valence-electron chi connectivity index (χ2n) is 4.86. The van der Waals surface area contributed by atoms with E-state index in [9.17, 15) is 9.59 Å². The highest BCUT2D eigenvalue weighted by Crippen LogP contribution is 2.22. The van der Waals surface area contributed by atoms with Crippen molar-refractivity contribution in [1.82, 2.24) is 4.98 Å². The third kappa shape index (κ3) is 2.91. The SMILES string of the molecule is Cc1ccc(N(C)C(=O)c2ncccc2C(=O)O)c(C)c1. The molecule has 1 amide bonds. The largest absolute Gasteiger partial charge is 0.478 e. The first-order chi connectivity index (χ1) is 9.91. The molecule has 5 nitrogen and oxygen atoms in total. The van der Waals surface area contributed by atoms with E-state index in [-0.39, 0.29) is 11.3 Å². The van der Waals surface area contributed by atoms with Crippen molar-refractivity contribution in [3.63, 3.8) is 0 Å². The molecule has 1 aromatic carbocycles. The van der Waals surface area contributed by atoms with E-state index in [1.807, 2.05) is 32.0 Å². The fraction of sp³-hybridized carbons (Fsp3) is 0.188. The highest BCUT2D eigenvalue weighted by atomic mass is 16.4. The molecule has 0 atom stereocenters. The monoisotopic (exact) mass is 284 g/mol. The minimum atomic E-state index is -1.17. The first kappa shape index (κ1) is 14.7. The van der Waals surface area contributed by atoms with Crippen LogP contribution in [-0.4, -0.2) is 29.0 Å². The summed E-state index contributed by atoms with van der Waals surface area (Å²) < 4.78 is 0. The number of carbonyl (C=O) groups is 2. The van der Waals surface area contributed by atoms with E-state index in [0.717, 1.165) is 16.8 Å². The van der Waals surface area contributed by atoms with Crippen molar-refractivity contribution in [2.75, 3.05) is 11.9 Å². The summed E-state index contributed by atoms with van der Waals surface area (Å²) in [5.41, 5.74) is 2.61. The maximum Gasteiger partial charge on any atom is 0.338 e. The summed E-state index contributed by atoms with van der Waals surface area (Å²) in [4.78, 5) is 29.0. The van der Waals surface area contributed by atoms with Crippen molar-refractivity contribution < 1.29 is 14.7 Å². The van der Waals surface area contributed by atoms with Gasteiger partial charge in [-0.1, -0.05) is 17.7 Å². The van der Waals surface area contributed by atoms with Crippen molar-refractivity contribution in [2.45, 2.75) is 13.8 Å². The predicted octanol–water partition coefficient (Wildman–Crippen LogP) is 2.67. The molecule has 0 aliphatic rings. The Morgan fingerprint density at radius 2 is 1.90 bits per heavy atom. The summed E-state index contributed by atoms with van der Waals surface area (Å²) in [6.07, 6.45) is 1.41. The third-order valence-electron chi connectivity index (χ3n) is 3.26. The zero-order valence-corrected chi connectivity index (χ0v) is 12.1. The molecular weight excluding hydrogens is 268 g/mol. The Morgan fingerprint density at radius 1 is 1.19 bits per heavy atom. The van der Waals surface area contributed by atoms with Crippen molar-refractivity contribution in [3.05, 3.63) is 58.9 Å². The average Bonchev–Trinajstić information content (AvgIpc) is 2.45. The predicted molar refractivity (Wildman–Crippen MR) is 79.8 cm³/mol. The Hall–Kier alpha value is -2.69. The molecule has 0 bridgehead atoms. The molecule has 0 aliphatic carbocycles. The number of nitrogens with zero attached hydrogens (tertiary/aromatic N) is 2. The van der Waals surface area contributed by atoms with Gasteiger partial charge < -0.3 is 10.0 Å². The molecule has 0 radical (unpaired) electrons. The number of hydrogen-bond acceptors (Lipinski definition) is 3. The van der Waals surface area contributed by atoms with E-state index in [2.05, 4.69) is 4.98 Å². The number of benzene rings is 1. The van der Waals surface area contributed by atoms with E-state index >= 15 is 0 Å². The van der Waals surface area contributed by atoms with E-state index in [4.69, 9.17) is 5.11 Å². The van der Waals surface area contributed by atoms with E-state index < -0.39 is 11.9 Å². The average molecular weight is 284 g/mol. The number of carbonyl (C=O) groups excluding carboxylic acids is 1. The van der Waals surface area contributed by atoms with Crippen LogP contribution < -0.4 is 4.90 Å². The minimum absolute atomic E-state index is 0.0625. The molecule has 2 rings (SSSR count). The van der Waals surface area contributed by atoms with Gasteiger partial charge in [0.1, 0.15) is 5.69 Å². The van der Waals surface area contributed by atoms with Crippen LogP contribution in [-0.2, 0) is 0 Å². The van der Waals surface area contributed by atoms with Gasteiger partial charge in [-0.05, 0) is 37.6 Å². The molecule has 0 unspecified atom stereocenters. The van der Waals surface area contributed by atoms with Crippen LogP contribution in [0, 0.1) is 13.8 Å². The standard InChI is InChI=1S/C16H16N2O3/c1-10-6-7-13(11(2)9-10)18(3)15(19)14-12(16(20)21)5-4-8-17-14/h4-9H,1-3H3,(H,20,21). The Balaban J connectivity index is 2.42. The molecule has 5 heteroatoms. The number of aromatic nitrogens is 1. The number of carboxylic acid groups (broad SMARTS) is 1. The Bertz CT molecular complexity index is 710. The van der Waals surface area contributed by atoms with Crippen LogP contribution in [0.2, 0.25) is 0 Å². The van der Waals surface area contributed by atoms with Crippen LogP contribution in [0.3, 0.4) is 0 Å². The highest BCUT2D eigenvalue weighted by Gasteiger charge is 2.22. The lowest BCUT2D eigenvalue weighted by molar-refractivity contribution is 0.0691. The first-order valence-corrected chi connectivity index (χ1v) is 6.45. The first-order valence-electron chi connectivity index (χ1n) is 6.45. The fourth-order valence-corrected chi connectivity index (χ4v) is 2.20. The fourth-order valence-electron chi connectivity index (χ4n) is 2.20. The number of amides is 1. The molecule has 1 aromatic heterocycles. The number of rotatable bonds is 3. The van der Waals surface area contributed by atoms with Crippen molar-refractivity contribution >= 4 is 17.6 Å². The van der Waals surface area contributed by atoms with E-state index in [0.29, 0.717) is 0 Å². The highest BCUT2D eigenvalue weighted by molar-refractivity contribution is 6.10. The Labute approximate surface area is 122 Å². The second kappa shape index (κ2) is 5.75. The lowest BCUT2D eigenvalue weighted by atomic mass is 10.1. The molecule has 0 saturated heterocycles. The van der Waals surface area contributed by atoms with Gasteiger partial charge in [-0.25, -0.2) is 4.79 Å². The zero-order valence-electron chi connectivity index (χ0n) is 12.1. The molecular formula is C16H16N2O3. The second-order valence-corrected chi connectivity index (χ2v) is 4.86. The van der Waals surface area contributed by atoms with Gasteiger partial charge in [0.05, 0.1) is 5.56 Å². The molecule has 21 heavy (non-hydrogen) atoms. The normalized spacial score (nSPS) is 10.2. The Morgan fingerprint density at radius 3 is 2.52 bits per heavy atom. The van der Waals surface area contributed by atoms with E-state index in [1.54, 1.807) is 7.05 Å². The summed E-state index contributed by atoms with van der Waals surface area (Å²) >= 11 is 0. The van der Waals surface area contributed by atoms with Gasteiger partial charge in [0.15, 0.2) is 0 Å². The van der Waals surface area contributed by atoms with Crippen LogP contribution >= 0.6 is 0 Å². The molecule has 0 aliphatic heterocycles. The summed E-state index contributed by atoms with van der Waals surface area (Å²) in [5, 5.41) is 9.15. The van der Waals surface area contributed by atoms with E-state index in [1.165, 1.54) is 23.2 Å². The van der Waals surface area contributed by atoms with Crippen LogP contribution in [0.4, 0.5) is 5.69 Å². The van der Waals surface area contributed by atoms with Crippen molar-refractivity contribution in [1.29, 1.82) is 0 Å². The minimum Gasteiger partial charge on any atom is -0.478 e. The molecule has 0 fully saturated rings. The maximum atomic E-state index is 12.5.